The number of fused-ring (bicyclic) bond motifs is 2. The third-order valence-corrected chi connectivity index (χ3v) is 6.16. The molecule has 0 atom stereocenters. The van der Waals surface area contributed by atoms with E-state index in [1.807, 2.05) is 54.6 Å². The average Bonchev–Trinajstić information content (AvgIpc) is 2.89. The van der Waals surface area contributed by atoms with Crippen molar-refractivity contribution in [1.82, 2.24) is 15.2 Å². The van der Waals surface area contributed by atoms with Gasteiger partial charge in [-0.25, -0.2) is 5.43 Å². The molecule has 1 heterocycles. The van der Waals surface area contributed by atoms with E-state index in [9.17, 15) is 14.9 Å². The maximum absolute atomic E-state index is 13.1. The molecule has 0 bridgehead atoms. The lowest BCUT2D eigenvalue weighted by atomic mass is 9.97. The number of halogens is 1. The standard InChI is InChI=1S/C28H18ClN5O2/c1-17-24(15-30)28(36)34(21-12-10-20(29)11-13-21)33-26(17)27(35)32-31-16-25-22-8-4-2-6-18(22)14-19-7-3-5-9-23(19)25/h2-14,16H,1H3,(H,32,35). The minimum absolute atomic E-state index is 0.0824. The molecule has 8 heteroatoms. The molecule has 0 aliphatic heterocycles. The summed E-state index contributed by atoms with van der Waals surface area (Å²) in [7, 11) is 0. The van der Waals surface area contributed by atoms with Crippen LogP contribution in [-0.2, 0) is 0 Å². The molecule has 0 aliphatic carbocycles. The summed E-state index contributed by atoms with van der Waals surface area (Å²) in [4.78, 5) is 25.9. The second-order valence-electron chi connectivity index (χ2n) is 8.09. The summed E-state index contributed by atoms with van der Waals surface area (Å²) >= 11 is 5.94. The maximum Gasteiger partial charge on any atom is 0.292 e. The third-order valence-electron chi connectivity index (χ3n) is 5.91. The zero-order valence-corrected chi connectivity index (χ0v) is 19.8. The van der Waals surface area contributed by atoms with Gasteiger partial charge in [-0.2, -0.15) is 20.1 Å². The van der Waals surface area contributed by atoms with Crippen LogP contribution < -0.4 is 11.0 Å². The van der Waals surface area contributed by atoms with Gasteiger partial charge < -0.3 is 0 Å². The lowest BCUT2D eigenvalue weighted by molar-refractivity contribution is 0.0947. The zero-order chi connectivity index (χ0) is 25.2. The number of benzene rings is 4. The summed E-state index contributed by atoms with van der Waals surface area (Å²) < 4.78 is 1.01. The van der Waals surface area contributed by atoms with Crippen LogP contribution >= 0.6 is 11.6 Å². The van der Waals surface area contributed by atoms with Crippen molar-refractivity contribution in [3.63, 3.8) is 0 Å². The van der Waals surface area contributed by atoms with E-state index < -0.39 is 11.5 Å². The van der Waals surface area contributed by atoms with Crippen molar-refractivity contribution in [1.29, 1.82) is 5.26 Å². The number of nitriles is 1. The quantitative estimate of drug-likeness (QED) is 0.214. The summed E-state index contributed by atoms with van der Waals surface area (Å²) in [5, 5.41) is 22.6. The molecular formula is C28H18ClN5O2. The topological polar surface area (TPSA) is 100 Å². The molecule has 7 nitrogen and oxygen atoms in total. The summed E-state index contributed by atoms with van der Waals surface area (Å²) in [6.45, 7) is 1.51. The first-order valence-corrected chi connectivity index (χ1v) is 11.4. The van der Waals surface area contributed by atoms with E-state index in [-0.39, 0.29) is 16.8 Å². The van der Waals surface area contributed by atoms with Crippen LogP contribution in [0.25, 0.3) is 27.2 Å². The Balaban J connectivity index is 1.54. The summed E-state index contributed by atoms with van der Waals surface area (Å²) in [5.74, 6) is -0.646. The van der Waals surface area contributed by atoms with Gasteiger partial charge in [-0.3, -0.25) is 9.59 Å². The number of hydrogen-bond acceptors (Lipinski definition) is 5. The number of rotatable bonds is 4. The highest BCUT2D eigenvalue weighted by atomic mass is 35.5. The van der Waals surface area contributed by atoms with Gasteiger partial charge in [-0.05, 0) is 58.8 Å². The first-order valence-electron chi connectivity index (χ1n) is 11.0. The molecule has 0 unspecified atom stereocenters. The number of amides is 1. The van der Waals surface area contributed by atoms with E-state index >= 15 is 0 Å². The molecule has 5 rings (SSSR count). The van der Waals surface area contributed by atoms with Gasteiger partial charge in [0.25, 0.3) is 11.5 Å². The Morgan fingerprint density at radius 3 is 2.25 bits per heavy atom. The molecule has 1 aromatic heterocycles. The van der Waals surface area contributed by atoms with E-state index in [0.29, 0.717) is 10.7 Å². The lowest BCUT2D eigenvalue weighted by Crippen LogP contribution is -2.31. The van der Waals surface area contributed by atoms with Crippen LogP contribution in [0.2, 0.25) is 5.02 Å². The number of carbonyl (C=O) groups is 1. The van der Waals surface area contributed by atoms with Crippen LogP contribution in [0.4, 0.5) is 0 Å². The fourth-order valence-corrected chi connectivity index (χ4v) is 4.23. The number of nitrogens with one attached hydrogen (secondary N) is 1. The van der Waals surface area contributed by atoms with Gasteiger partial charge in [-0.1, -0.05) is 60.1 Å². The van der Waals surface area contributed by atoms with Gasteiger partial charge in [-0.15, -0.1) is 0 Å². The van der Waals surface area contributed by atoms with Crippen LogP contribution in [0, 0.1) is 18.3 Å². The lowest BCUT2D eigenvalue weighted by Gasteiger charge is -2.11. The van der Waals surface area contributed by atoms with Crippen molar-refractivity contribution in [2.45, 2.75) is 6.92 Å². The first-order chi connectivity index (χ1) is 17.5. The zero-order valence-electron chi connectivity index (χ0n) is 19.1. The highest BCUT2D eigenvalue weighted by Gasteiger charge is 2.20. The number of hydrazone groups is 1. The van der Waals surface area contributed by atoms with Gasteiger partial charge in [0, 0.05) is 16.1 Å². The van der Waals surface area contributed by atoms with Crippen LogP contribution in [0.1, 0.15) is 27.2 Å². The first kappa shape index (κ1) is 23.0. The van der Waals surface area contributed by atoms with E-state index in [1.54, 1.807) is 30.5 Å². The van der Waals surface area contributed by atoms with Gasteiger partial charge >= 0.3 is 0 Å². The van der Waals surface area contributed by atoms with Crippen LogP contribution in [0.15, 0.2) is 88.8 Å². The van der Waals surface area contributed by atoms with Crippen molar-refractivity contribution in [2.24, 2.45) is 5.10 Å². The molecule has 0 spiro atoms. The van der Waals surface area contributed by atoms with E-state index in [0.717, 1.165) is 31.8 Å². The van der Waals surface area contributed by atoms with Gasteiger partial charge in [0.2, 0.25) is 0 Å². The highest BCUT2D eigenvalue weighted by molar-refractivity contribution is 6.30. The Hall–Kier alpha value is -4.80. The normalized spacial score (nSPS) is 11.1. The molecule has 0 saturated carbocycles. The Bertz CT molecular complexity index is 1730. The minimum atomic E-state index is -0.646. The average molecular weight is 492 g/mol. The third kappa shape index (κ3) is 4.11. The molecular weight excluding hydrogens is 474 g/mol. The van der Waals surface area contributed by atoms with Crippen molar-refractivity contribution in [3.05, 3.63) is 117 Å². The number of carbonyl (C=O) groups excluding carboxylic acids is 1. The molecule has 0 saturated heterocycles. The predicted octanol–water partition coefficient (Wildman–Crippen LogP) is 5.14. The van der Waals surface area contributed by atoms with Crippen molar-refractivity contribution >= 4 is 45.3 Å². The molecule has 4 aromatic carbocycles. The molecule has 5 aromatic rings. The highest BCUT2D eigenvalue weighted by Crippen LogP contribution is 2.27. The molecule has 0 aliphatic rings. The SMILES string of the molecule is Cc1c(C(=O)NN=Cc2c3ccccc3cc3ccccc23)nn(-c2ccc(Cl)cc2)c(=O)c1C#N. The van der Waals surface area contributed by atoms with Gasteiger partial charge in [0.15, 0.2) is 5.69 Å². The largest absolute Gasteiger partial charge is 0.292 e. The second-order valence-corrected chi connectivity index (χ2v) is 8.52. The van der Waals surface area contributed by atoms with Crippen LogP contribution in [-0.4, -0.2) is 21.9 Å². The molecule has 1 amide bonds. The second kappa shape index (κ2) is 9.45. The van der Waals surface area contributed by atoms with Crippen molar-refractivity contribution in [3.8, 4) is 11.8 Å². The molecule has 36 heavy (non-hydrogen) atoms. The summed E-state index contributed by atoms with van der Waals surface area (Å²) in [6, 6.07) is 26.2. The van der Waals surface area contributed by atoms with Crippen molar-refractivity contribution < 1.29 is 4.79 Å². The Labute approximate surface area is 210 Å². The summed E-state index contributed by atoms with van der Waals surface area (Å²) in [6.07, 6.45) is 1.60. The fourth-order valence-electron chi connectivity index (χ4n) is 4.11. The van der Waals surface area contributed by atoms with E-state index in [2.05, 4.69) is 21.7 Å². The Morgan fingerprint density at radius 2 is 1.64 bits per heavy atom. The van der Waals surface area contributed by atoms with Gasteiger partial charge in [0.05, 0.1) is 11.9 Å². The van der Waals surface area contributed by atoms with E-state index in [4.69, 9.17) is 11.6 Å². The van der Waals surface area contributed by atoms with Gasteiger partial charge in [0.1, 0.15) is 11.6 Å². The van der Waals surface area contributed by atoms with Crippen LogP contribution in [0.5, 0.6) is 0 Å². The fraction of sp³-hybridized carbons (Fsp3) is 0.0357. The van der Waals surface area contributed by atoms with Crippen molar-refractivity contribution in [2.75, 3.05) is 0 Å². The molecule has 174 valence electrons. The Morgan fingerprint density at radius 1 is 1.03 bits per heavy atom. The maximum atomic E-state index is 13.1. The summed E-state index contributed by atoms with van der Waals surface area (Å²) in [5.41, 5.74) is 3.03. The smallest absolute Gasteiger partial charge is 0.266 e. The van der Waals surface area contributed by atoms with Crippen LogP contribution in [0.3, 0.4) is 0 Å². The molecule has 1 N–H and O–H groups in total. The molecule has 0 radical (unpaired) electrons. The van der Waals surface area contributed by atoms with E-state index in [1.165, 1.54) is 6.92 Å². The Kier molecular flexibility index (Phi) is 6.03. The minimum Gasteiger partial charge on any atom is -0.266 e. The predicted molar refractivity (Wildman–Crippen MR) is 141 cm³/mol. The number of hydrogen-bond donors (Lipinski definition) is 1. The number of nitrogens with zero attached hydrogens (tertiary/aromatic N) is 4. The monoisotopic (exact) mass is 491 g/mol. The number of aromatic nitrogens is 2. The molecule has 0 fully saturated rings.